The average molecular weight is 247 g/mol. The highest BCUT2D eigenvalue weighted by Gasteiger charge is 2.25. The molecule has 3 N–H and O–H groups in total. The minimum atomic E-state index is -3.86. The van der Waals surface area contributed by atoms with Crippen molar-refractivity contribution >= 4 is 15.8 Å². The average Bonchev–Trinajstić information content (AvgIpc) is 2.14. The molecule has 0 aromatic heterocycles. The third-order valence-electron chi connectivity index (χ3n) is 1.97. The van der Waals surface area contributed by atoms with Gasteiger partial charge in [0.1, 0.15) is 16.8 Å². The molecule has 1 atom stereocenters. The summed E-state index contributed by atoms with van der Waals surface area (Å²) >= 11 is 0. The Morgan fingerprint density at radius 2 is 2.06 bits per heavy atom. The second kappa shape index (κ2) is 4.18. The summed E-state index contributed by atoms with van der Waals surface area (Å²) in [7, 11) is -3.86. The maximum absolute atomic E-state index is 13.3. The highest BCUT2D eigenvalue weighted by Crippen LogP contribution is 2.24. The van der Waals surface area contributed by atoms with E-state index in [2.05, 4.69) is 0 Å². The van der Waals surface area contributed by atoms with E-state index in [9.17, 15) is 17.6 Å². The van der Waals surface area contributed by atoms with Gasteiger partial charge in [0.15, 0.2) is 9.84 Å². The number of rotatable bonds is 3. The first-order valence-electron chi connectivity index (χ1n) is 4.22. The van der Waals surface area contributed by atoms with E-state index >= 15 is 0 Å². The summed E-state index contributed by atoms with van der Waals surface area (Å²) in [5.41, 5.74) is 5.02. The van der Waals surface area contributed by atoms with Crippen molar-refractivity contribution in [3.8, 4) is 0 Å². The number of benzene rings is 1. The minimum absolute atomic E-state index is 0.255. The third kappa shape index (κ3) is 2.37. The van der Waals surface area contributed by atoms with Gasteiger partial charge in [-0.2, -0.15) is 0 Å². The number of aliphatic carboxylic acids is 1. The predicted molar refractivity (Wildman–Crippen MR) is 54.1 cm³/mol. The van der Waals surface area contributed by atoms with Crippen LogP contribution in [-0.4, -0.2) is 25.7 Å². The van der Waals surface area contributed by atoms with E-state index in [0.717, 1.165) is 12.3 Å². The van der Waals surface area contributed by atoms with Gasteiger partial charge >= 0.3 is 5.97 Å². The molecule has 0 amide bonds. The van der Waals surface area contributed by atoms with Crippen LogP contribution in [-0.2, 0) is 14.6 Å². The van der Waals surface area contributed by atoms with Gasteiger partial charge in [-0.1, -0.05) is 12.1 Å². The molecule has 0 aliphatic rings. The van der Waals surface area contributed by atoms with E-state index in [1.807, 2.05) is 0 Å². The van der Waals surface area contributed by atoms with Crippen molar-refractivity contribution in [2.24, 2.45) is 5.73 Å². The number of carboxylic acid groups (broad SMARTS) is 1. The van der Waals surface area contributed by atoms with Gasteiger partial charge in [0, 0.05) is 11.8 Å². The largest absolute Gasteiger partial charge is 0.480 e. The summed E-state index contributed by atoms with van der Waals surface area (Å²) in [6.45, 7) is 0. The number of carboxylic acids is 1. The Morgan fingerprint density at radius 1 is 1.50 bits per heavy atom. The fraction of sp³-hybridized carbons (Fsp3) is 0.222. The van der Waals surface area contributed by atoms with E-state index in [0.29, 0.717) is 0 Å². The van der Waals surface area contributed by atoms with Crippen molar-refractivity contribution in [2.75, 3.05) is 6.26 Å². The van der Waals surface area contributed by atoms with Crippen molar-refractivity contribution in [2.45, 2.75) is 10.9 Å². The van der Waals surface area contributed by atoms with Gasteiger partial charge in [0.05, 0.1) is 0 Å². The van der Waals surface area contributed by atoms with Crippen molar-refractivity contribution < 1.29 is 22.7 Å². The van der Waals surface area contributed by atoms with Crippen molar-refractivity contribution in [1.82, 2.24) is 0 Å². The van der Waals surface area contributed by atoms with Crippen LogP contribution in [0.1, 0.15) is 11.6 Å². The topological polar surface area (TPSA) is 97.5 Å². The second-order valence-electron chi connectivity index (χ2n) is 3.25. The Hall–Kier alpha value is -1.47. The Morgan fingerprint density at radius 3 is 2.50 bits per heavy atom. The van der Waals surface area contributed by atoms with Gasteiger partial charge in [-0.05, 0) is 6.07 Å². The molecule has 0 fully saturated rings. The van der Waals surface area contributed by atoms with Crippen LogP contribution in [0, 0.1) is 5.82 Å². The standard InChI is InChI=1S/C9H10FNO4S/c1-16(14,15)8-5(7(11)9(12)13)3-2-4-6(8)10/h2-4,7H,11H2,1H3,(H,12,13). The summed E-state index contributed by atoms with van der Waals surface area (Å²) in [6.07, 6.45) is 0.795. The Balaban J connectivity index is 3.53. The van der Waals surface area contributed by atoms with E-state index in [1.54, 1.807) is 0 Å². The molecule has 0 radical (unpaired) electrons. The van der Waals surface area contributed by atoms with E-state index in [4.69, 9.17) is 10.8 Å². The van der Waals surface area contributed by atoms with Crippen LogP contribution < -0.4 is 5.73 Å². The van der Waals surface area contributed by atoms with Crippen LogP contribution in [0.3, 0.4) is 0 Å². The lowest BCUT2D eigenvalue weighted by molar-refractivity contribution is -0.138. The molecule has 0 bridgehead atoms. The van der Waals surface area contributed by atoms with Gasteiger partial charge in [-0.3, -0.25) is 4.79 Å². The van der Waals surface area contributed by atoms with Crippen LogP contribution in [0.2, 0.25) is 0 Å². The minimum Gasteiger partial charge on any atom is -0.480 e. The fourth-order valence-electron chi connectivity index (χ4n) is 1.29. The molecular weight excluding hydrogens is 237 g/mol. The number of nitrogens with two attached hydrogens (primary N) is 1. The zero-order chi connectivity index (χ0) is 12.5. The molecule has 0 aliphatic heterocycles. The molecule has 7 heteroatoms. The molecule has 1 unspecified atom stereocenters. The molecule has 16 heavy (non-hydrogen) atoms. The number of sulfone groups is 1. The maximum atomic E-state index is 13.3. The van der Waals surface area contributed by atoms with Gasteiger partial charge in [0.2, 0.25) is 0 Å². The van der Waals surface area contributed by atoms with Gasteiger partial charge < -0.3 is 10.8 Å². The molecular formula is C9H10FNO4S. The summed E-state index contributed by atoms with van der Waals surface area (Å²) in [6, 6.07) is 1.76. The molecule has 1 aromatic rings. The summed E-state index contributed by atoms with van der Waals surface area (Å²) in [5.74, 6) is -2.42. The fourth-order valence-corrected chi connectivity index (χ4v) is 2.34. The molecule has 0 heterocycles. The van der Waals surface area contributed by atoms with Gasteiger partial charge in [-0.25, -0.2) is 12.8 Å². The van der Waals surface area contributed by atoms with Crippen molar-refractivity contribution in [3.63, 3.8) is 0 Å². The number of carbonyl (C=O) groups is 1. The smallest absolute Gasteiger partial charge is 0.325 e. The summed E-state index contributed by atoms with van der Waals surface area (Å²) in [5, 5.41) is 8.67. The molecule has 0 spiro atoms. The van der Waals surface area contributed by atoms with Crippen molar-refractivity contribution in [1.29, 1.82) is 0 Å². The monoisotopic (exact) mass is 247 g/mol. The second-order valence-corrected chi connectivity index (χ2v) is 5.20. The Kier molecular flexibility index (Phi) is 3.30. The van der Waals surface area contributed by atoms with Crippen LogP contribution in [0.25, 0.3) is 0 Å². The Bertz CT molecular complexity index is 526. The highest BCUT2D eigenvalue weighted by atomic mass is 32.2. The molecule has 0 saturated heterocycles. The lowest BCUT2D eigenvalue weighted by Gasteiger charge is -2.12. The predicted octanol–water partition coefficient (Wildman–Crippen LogP) is 0.314. The zero-order valence-corrected chi connectivity index (χ0v) is 9.16. The zero-order valence-electron chi connectivity index (χ0n) is 8.34. The lowest BCUT2D eigenvalue weighted by atomic mass is 10.1. The SMILES string of the molecule is CS(=O)(=O)c1c(F)cccc1C(N)C(=O)O. The molecule has 88 valence electrons. The van der Waals surface area contributed by atoms with Crippen LogP contribution in [0.15, 0.2) is 23.1 Å². The Labute approximate surface area is 91.6 Å². The summed E-state index contributed by atoms with van der Waals surface area (Å²) in [4.78, 5) is 9.99. The molecule has 0 saturated carbocycles. The van der Waals surface area contributed by atoms with E-state index < -0.39 is 32.6 Å². The van der Waals surface area contributed by atoms with E-state index in [1.165, 1.54) is 12.1 Å². The van der Waals surface area contributed by atoms with Crippen LogP contribution in [0.5, 0.6) is 0 Å². The van der Waals surface area contributed by atoms with Crippen molar-refractivity contribution in [3.05, 3.63) is 29.6 Å². The number of hydrogen-bond acceptors (Lipinski definition) is 4. The molecule has 0 aliphatic carbocycles. The quantitative estimate of drug-likeness (QED) is 0.801. The third-order valence-corrected chi connectivity index (χ3v) is 3.14. The number of halogens is 1. The van der Waals surface area contributed by atoms with Crippen LogP contribution >= 0.6 is 0 Å². The first-order valence-corrected chi connectivity index (χ1v) is 6.11. The normalized spacial score (nSPS) is 13.4. The van der Waals surface area contributed by atoms with Gasteiger partial charge in [0.25, 0.3) is 0 Å². The molecule has 5 nitrogen and oxygen atoms in total. The van der Waals surface area contributed by atoms with E-state index in [-0.39, 0.29) is 5.56 Å². The van der Waals surface area contributed by atoms with Gasteiger partial charge in [-0.15, -0.1) is 0 Å². The van der Waals surface area contributed by atoms with Crippen LogP contribution in [0.4, 0.5) is 4.39 Å². The number of hydrogen-bond donors (Lipinski definition) is 2. The maximum Gasteiger partial charge on any atom is 0.325 e. The summed E-state index contributed by atoms with van der Waals surface area (Å²) < 4.78 is 36.0. The molecule has 1 aromatic carbocycles. The first-order chi connectivity index (χ1) is 7.25. The first kappa shape index (κ1) is 12.6. The molecule has 1 rings (SSSR count). The highest BCUT2D eigenvalue weighted by molar-refractivity contribution is 7.90. The lowest BCUT2D eigenvalue weighted by Crippen LogP contribution is -2.23.